The molecule has 4 rings (SSSR count). The van der Waals surface area contributed by atoms with Gasteiger partial charge in [0.1, 0.15) is 17.8 Å². The maximum Gasteiger partial charge on any atom is 0.243 e. The largest absolute Gasteiger partial charge is 0.353 e. The second-order valence-electron chi connectivity index (χ2n) is 6.33. The summed E-state index contributed by atoms with van der Waals surface area (Å²) in [7, 11) is -3.46. The van der Waals surface area contributed by atoms with Crippen molar-refractivity contribution in [1.82, 2.24) is 19.3 Å². The molecule has 0 aliphatic carbocycles. The fraction of sp³-hybridized carbons (Fsp3) is 0.333. The van der Waals surface area contributed by atoms with E-state index in [4.69, 9.17) is 0 Å². The van der Waals surface area contributed by atoms with E-state index in [2.05, 4.69) is 26.8 Å². The molecule has 0 atom stereocenters. The average Bonchev–Trinajstić information content (AvgIpc) is 3.17. The van der Waals surface area contributed by atoms with Crippen LogP contribution in [0.4, 0.5) is 5.82 Å². The molecule has 0 bridgehead atoms. The lowest BCUT2D eigenvalue weighted by Gasteiger charge is -2.34. The normalized spacial score (nSPS) is 16.3. The van der Waals surface area contributed by atoms with Crippen LogP contribution in [0.3, 0.4) is 0 Å². The minimum atomic E-state index is -3.46. The number of piperazine rings is 1. The van der Waals surface area contributed by atoms with Gasteiger partial charge in [-0.05, 0) is 30.2 Å². The Balaban J connectivity index is 1.51. The molecule has 0 saturated carbocycles. The Morgan fingerprint density at radius 2 is 1.77 bits per heavy atom. The number of aryl methyl sites for hydroxylation is 1. The van der Waals surface area contributed by atoms with Crippen molar-refractivity contribution < 1.29 is 8.42 Å². The fourth-order valence-electron chi connectivity index (χ4n) is 3.30. The monoisotopic (exact) mass is 371 g/mol. The highest BCUT2D eigenvalue weighted by atomic mass is 32.2. The van der Waals surface area contributed by atoms with Gasteiger partial charge in [0.2, 0.25) is 10.0 Å². The third kappa shape index (κ3) is 2.95. The Morgan fingerprint density at radius 3 is 2.46 bits per heavy atom. The molecular weight excluding hydrogens is 350 g/mol. The van der Waals surface area contributed by atoms with Crippen molar-refractivity contribution in [2.45, 2.75) is 18.2 Å². The molecule has 3 aromatic rings. The van der Waals surface area contributed by atoms with Gasteiger partial charge in [-0.2, -0.15) is 4.31 Å². The van der Waals surface area contributed by atoms with Crippen LogP contribution in [-0.4, -0.2) is 53.9 Å². The molecule has 0 amide bonds. The highest BCUT2D eigenvalue weighted by Gasteiger charge is 2.29. The lowest BCUT2D eigenvalue weighted by molar-refractivity contribution is 0.384. The molecule has 1 saturated heterocycles. The molecule has 1 N–H and O–H groups in total. The zero-order chi connectivity index (χ0) is 18.1. The second kappa shape index (κ2) is 6.69. The summed E-state index contributed by atoms with van der Waals surface area (Å²) in [5.41, 5.74) is 1.93. The second-order valence-corrected chi connectivity index (χ2v) is 8.26. The minimum Gasteiger partial charge on any atom is -0.353 e. The van der Waals surface area contributed by atoms with Crippen molar-refractivity contribution in [3.63, 3.8) is 0 Å². The van der Waals surface area contributed by atoms with Gasteiger partial charge in [0.05, 0.1) is 10.3 Å². The molecule has 8 heteroatoms. The molecule has 1 fully saturated rings. The minimum absolute atomic E-state index is 0.359. The van der Waals surface area contributed by atoms with Crippen molar-refractivity contribution in [2.75, 3.05) is 31.1 Å². The Bertz CT molecular complexity index is 1010. The van der Waals surface area contributed by atoms with E-state index in [1.54, 1.807) is 16.4 Å². The van der Waals surface area contributed by atoms with Crippen LogP contribution in [0.1, 0.15) is 12.5 Å². The van der Waals surface area contributed by atoms with Gasteiger partial charge >= 0.3 is 0 Å². The predicted octanol–water partition coefficient (Wildman–Crippen LogP) is 2.03. The number of fused-ring (bicyclic) bond motifs is 1. The molecule has 136 valence electrons. The van der Waals surface area contributed by atoms with E-state index in [9.17, 15) is 8.42 Å². The summed E-state index contributed by atoms with van der Waals surface area (Å²) in [5.74, 6) is 0.848. The van der Waals surface area contributed by atoms with E-state index in [0.29, 0.717) is 31.1 Å². The lowest BCUT2D eigenvalue weighted by Crippen LogP contribution is -2.49. The van der Waals surface area contributed by atoms with E-state index in [1.807, 2.05) is 24.4 Å². The van der Waals surface area contributed by atoms with E-state index in [-0.39, 0.29) is 0 Å². The van der Waals surface area contributed by atoms with Gasteiger partial charge in [-0.15, -0.1) is 0 Å². The van der Waals surface area contributed by atoms with Crippen LogP contribution in [0, 0.1) is 0 Å². The first-order valence-corrected chi connectivity index (χ1v) is 10.2. The zero-order valence-electron chi connectivity index (χ0n) is 14.6. The van der Waals surface area contributed by atoms with Gasteiger partial charge in [-0.3, -0.25) is 0 Å². The number of nitrogens with zero attached hydrogens (tertiary/aromatic N) is 4. The summed E-state index contributed by atoms with van der Waals surface area (Å²) in [4.78, 5) is 14.2. The van der Waals surface area contributed by atoms with Crippen LogP contribution in [0.25, 0.3) is 11.0 Å². The Morgan fingerprint density at radius 1 is 1.04 bits per heavy atom. The first-order valence-electron chi connectivity index (χ1n) is 8.71. The maximum absolute atomic E-state index is 12.9. The third-order valence-corrected chi connectivity index (χ3v) is 6.75. The van der Waals surface area contributed by atoms with Crippen LogP contribution in [0.2, 0.25) is 0 Å². The number of sulfonamides is 1. The summed E-state index contributed by atoms with van der Waals surface area (Å²) in [6.07, 6.45) is 4.27. The SMILES string of the molecule is CCc1ccc(S(=O)(=O)N2CCN(c3ncnc4[nH]ccc34)CC2)cc1. The summed E-state index contributed by atoms with van der Waals surface area (Å²) in [6.45, 7) is 4.13. The molecule has 1 aromatic carbocycles. The van der Waals surface area contributed by atoms with Crippen molar-refractivity contribution >= 4 is 26.9 Å². The molecule has 2 aromatic heterocycles. The van der Waals surface area contributed by atoms with Gasteiger partial charge in [-0.25, -0.2) is 18.4 Å². The first kappa shape index (κ1) is 17.0. The molecule has 7 nitrogen and oxygen atoms in total. The molecule has 0 unspecified atom stereocenters. The van der Waals surface area contributed by atoms with Crippen molar-refractivity contribution in [1.29, 1.82) is 0 Å². The van der Waals surface area contributed by atoms with Crippen molar-refractivity contribution in [3.05, 3.63) is 48.4 Å². The Hall–Kier alpha value is -2.45. The van der Waals surface area contributed by atoms with E-state index in [1.165, 1.54) is 6.33 Å². The van der Waals surface area contributed by atoms with Gasteiger partial charge in [0, 0.05) is 32.4 Å². The van der Waals surface area contributed by atoms with Crippen molar-refractivity contribution in [3.8, 4) is 0 Å². The first-order chi connectivity index (χ1) is 12.6. The predicted molar refractivity (Wildman–Crippen MR) is 101 cm³/mol. The number of rotatable bonds is 4. The number of hydrogen-bond acceptors (Lipinski definition) is 5. The van der Waals surface area contributed by atoms with Crippen LogP contribution < -0.4 is 4.90 Å². The van der Waals surface area contributed by atoms with Crippen LogP contribution >= 0.6 is 0 Å². The number of anilines is 1. The molecule has 1 aliphatic rings. The molecule has 3 heterocycles. The third-order valence-electron chi connectivity index (χ3n) is 4.84. The molecule has 1 aliphatic heterocycles. The average molecular weight is 371 g/mol. The Labute approximate surface area is 152 Å². The van der Waals surface area contributed by atoms with E-state index in [0.717, 1.165) is 28.8 Å². The smallest absolute Gasteiger partial charge is 0.243 e. The zero-order valence-corrected chi connectivity index (χ0v) is 15.4. The van der Waals surface area contributed by atoms with Gasteiger partial charge < -0.3 is 9.88 Å². The fourth-order valence-corrected chi connectivity index (χ4v) is 4.72. The summed E-state index contributed by atoms with van der Waals surface area (Å²) >= 11 is 0. The summed E-state index contributed by atoms with van der Waals surface area (Å²) in [5, 5.41) is 0.957. The van der Waals surface area contributed by atoms with Gasteiger partial charge in [0.25, 0.3) is 0 Å². The topological polar surface area (TPSA) is 82.2 Å². The number of nitrogens with one attached hydrogen (secondary N) is 1. The molecule has 26 heavy (non-hydrogen) atoms. The number of aromatic amines is 1. The van der Waals surface area contributed by atoms with E-state index < -0.39 is 10.0 Å². The van der Waals surface area contributed by atoms with Crippen LogP contribution in [0.5, 0.6) is 0 Å². The van der Waals surface area contributed by atoms with Crippen LogP contribution in [0.15, 0.2) is 47.8 Å². The van der Waals surface area contributed by atoms with Gasteiger partial charge in [0.15, 0.2) is 0 Å². The number of aromatic nitrogens is 3. The lowest BCUT2D eigenvalue weighted by atomic mass is 10.2. The molecule has 0 radical (unpaired) electrons. The van der Waals surface area contributed by atoms with Crippen LogP contribution in [-0.2, 0) is 16.4 Å². The highest BCUT2D eigenvalue weighted by molar-refractivity contribution is 7.89. The molecular formula is C18H21N5O2S. The number of hydrogen-bond donors (Lipinski definition) is 1. The summed E-state index contributed by atoms with van der Waals surface area (Å²) in [6, 6.07) is 9.12. The quantitative estimate of drug-likeness (QED) is 0.759. The van der Waals surface area contributed by atoms with E-state index >= 15 is 0 Å². The maximum atomic E-state index is 12.9. The van der Waals surface area contributed by atoms with Crippen molar-refractivity contribution in [2.24, 2.45) is 0 Å². The standard InChI is InChI=1S/C18H21N5O2S/c1-2-14-3-5-15(6-4-14)26(24,25)23-11-9-22(10-12-23)18-16-7-8-19-17(16)20-13-21-18/h3-8,13H,2,9-12H2,1H3,(H,19,20,21). The van der Waals surface area contributed by atoms with Gasteiger partial charge in [-0.1, -0.05) is 19.1 Å². The number of H-pyrrole nitrogens is 1. The summed E-state index contributed by atoms with van der Waals surface area (Å²) < 4.78 is 27.3. The highest BCUT2D eigenvalue weighted by Crippen LogP contribution is 2.25. The molecule has 0 spiro atoms. The Kier molecular flexibility index (Phi) is 4.37. The number of benzene rings is 1.